The van der Waals surface area contributed by atoms with Gasteiger partial charge in [0.2, 0.25) is 0 Å². The van der Waals surface area contributed by atoms with Crippen LogP contribution in [-0.2, 0) is 4.74 Å². The van der Waals surface area contributed by atoms with E-state index in [-0.39, 0.29) is 24.0 Å². The van der Waals surface area contributed by atoms with E-state index in [9.17, 15) is 0 Å². The van der Waals surface area contributed by atoms with Gasteiger partial charge in [-0.15, -0.1) is 24.0 Å². The first-order valence-corrected chi connectivity index (χ1v) is 8.45. The number of hydrogen-bond donors (Lipinski definition) is 2. The smallest absolute Gasteiger partial charge is 0.191 e. The topological polar surface area (TPSA) is 48.9 Å². The van der Waals surface area contributed by atoms with Crippen LogP contribution in [-0.4, -0.2) is 56.8 Å². The predicted octanol–water partition coefficient (Wildman–Crippen LogP) is 2.56. The Morgan fingerprint density at radius 1 is 1.29 bits per heavy atom. The molecule has 136 valence electrons. The molecule has 0 saturated carbocycles. The molecule has 1 saturated heterocycles. The summed E-state index contributed by atoms with van der Waals surface area (Å²) in [5, 5.41) is 6.82. The molecule has 1 heterocycles. The van der Waals surface area contributed by atoms with Gasteiger partial charge in [0.25, 0.3) is 0 Å². The molecular formula is C18H31IN4O. The quantitative estimate of drug-likeness (QED) is 0.415. The van der Waals surface area contributed by atoms with Crippen molar-refractivity contribution >= 4 is 29.9 Å². The number of aryl methyl sites for hydroxylation is 1. The van der Waals surface area contributed by atoms with Gasteiger partial charge in [0, 0.05) is 32.7 Å². The number of guanidine groups is 1. The van der Waals surface area contributed by atoms with Crippen LogP contribution in [0.1, 0.15) is 31.0 Å². The second-order valence-corrected chi connectivity index (χ2v) is 6.33. The van der Waals surface area contributed by atoms with Crippen LogP contribution in [0.5, 0.6) is 0 Å². The highest BCUT2D eigenvalue weighted by atomic mass is 127. The third-order valence-corrected chi connectivity index (χ3v) is 4.03. The third kappa shape index (κ3) is 6.57. The highest BCUT2D eigenvalue weighted by molar-refractivity contribution is 14.0. The summed E-state index contributed by atoms with van der Waals surface area (Å²) in [6.07, 6.45) is 0. The van der Waals surface area contributed by atoms with E-state index in [4.69, 9.17) is 4.74 Å². The fourth-order valence-corrected chi connectivity index (χ4v) is 2.89. The largest absolute Gasteiger partial charge is 0.379 e. The summed E-state index contributed by atoms with van der Waals surface area (Å²) < 4.78 is 5.51. The Bertz CT molecular complexity index is 515. The molecule has 1 unspecified atom stereocenters. The fourth-order valence-electron chi connectivity index (χ4n) is 2.89. The van der Waals surface area contributed by atoms with Crippen LogP contribution in [0.25, 0.3) is 0 Å². The zero-order valence-electron chi connectivity index (χ0n) is 15.2. The molecule has 0 aliphatic carbocycles. The first kappa shape index (κ1) is 21.2. The van der Waals surface area contributed by atoms with Crippen LogP contribution < -0.4 is 10.6 Å². The number of halogens is 1. The Morgan fingerprint density at radius 3 is 2.58 bits per heavy atom. The molecule has 0 bridgehead atoms. The van der Waals surface area contributed by atoms with E-state index in [0.717, 1.165) is 38.8 Å². The summed E-state index contributed by atoms with van der Waals surface area (Å²) in [4.78, 5) is 6.80. The zero-order valence-corrected chi connectivity index (χ0v) is 17.5. The van der Waals surface area contributed by atoms with Gasteiger partial charge in [-0.2, -0.15) is 0 Å². The van der Waals surface area contributed by atoms with E-state index in [1.165, 1.54) is 11.1 Å². The van der Waals surface area contributed by atoms with E-state index >= 15 is 0 Å². The highest BCUT2D eigenvalue weighted by Crippen LogP contribution is 2.22. The number of benzene rings is 1. The van der Waals surface area contributed by atoms with Gasteiger partial charge >= 0.3 is 0 Å². The van der Waals surface area contributed by atoms with Crippen LogP contribution in [0.2, 0.25) is 0 Å². The number of nitrogens with zero attached hydrogens (tertiary/aromatic N) is 2. The third-order valence-electron chi connectivity index (χ3n) is 4.03. The second-order valence-electron chi connectivity index (χ2n) is 6.33. The van der Waals surface area contributed by atoms with Crippen molar-refractivity contribution in [2.45, 2.75) is 32.9 Å². The maximum Gasteiger partial charge on any atom is 0.191 e. The number of aliphatic imine (C=N–C) groups is 1. The summed E-state index contributed by atoms with van der Waals surface area (Å²) >= 11 is 0. The molecule has 24 heavy (non-hydrogen) atoms. The lowest BCUT2D eigenvalue weighted by Crippen LogP contribution is -2.47. The van der Waals surface area contributed by atoms with Crippen molar-refractivity contribution in [3.63, 3.8) is 0 Å². The van der Waals surface area contributed by atoms with Gasteiger partial charge in [0.05, 0.1) is 19.3 Å². The number of rotatable bonds is 5. The van der Waals surface area contributed by atoms with Crippen molar-refractivity contribution in [2.75, 3.05) is 39.9 Å². The molecular weight excluding hydrogens is 415 g/mol. The Kier molecular flexibility index (Phi) is 9.61. The summed E-state index contributed by atoms with van der Waals surface area (Å²) in [6.45, 7) is 10.8. The first-order chi connectivity index (χ1) is 11.1. The molecule has 1 aromatic rings. The Labute approximate surface area is 163 Å². The van der Waals surface area contributed by atoms with E-state index < -0.39 is 0 Å². The molecule has 0 radical (unpaired) electrons. The maximum absolute atomic E-state index is 5.51. The SMILES string of the molecule is CN=C(NCC(c1cccc(C)c1)N1CCOCC1)NC(C)C.I. The Balaban J connectivity index is 0.00000288. The maximum atomic E-state index is 5.51. The number of morpholine rings is 1. The van der Waals surface area contributed by atoms with Crippen molar-refractivity contribution in [1.82, 2.24) is 15.5 Å². The minimum Gasteiger partial charge on any atom is -0.379 e. The Hall–Kier alpha value is -0.860. The van der Waals surface area contributed by atoms with Crippen LogP contribution >= 0.6 is 24.0 Å². The van der Waals surface area contributed by atoms with Crippen molar-refractivity contribution in [3.05, 3.63) is 35.4 Å². The lowest BCUT2D eigenvalue weighted by molar-refractivity contribution is 0.0170. The van der Waals surface area contributed by atoms with Crippen LogP contribution in [0.4, 0.5) is 0 Å². The predicted molar refractivity (Wildman–Crippen MR) is 111 cm³/mol. The normalized spacial score (nSPS) is 17.3. The highest BCUT2D eigenvalue weighted by Gasteiger charge is 2.23. The average Bonchev–Trinajstić information content (AvgIpc) is 2.54. The second kappa shape index (κ2) is 10.9. The van der Waals surface area contributed by atoms with Crippen molar-refractivity contribution in [3.8, 4) is 0 Å². The molecule has 2 rings (SSSR count). The van der Waals surface area contributed by atoms with Gasteiger partial charge in [-0.05, 0) is 26.3 Å². The molecule has 1 atom stereocenters. The minimum atomic E-state index is 0. The van der Waals surface area contributed by atoms with Crippen molar-refractivity contribution in [1.29, 1.82) is 0 Å². The van der Waals surface area contributed by atoms with E-state index in [1.54, 1.807) is 0 Å². The molecule has 1 fully saturated rings. The van der Waals surface area contributed by atoms with Gasteiger partial charge in [-0.1, -0.05) is 29.8 Å². The Morgan fingerprint density at radius 2 is 2.00 bits per heavy atom. The summed E-state index contributed by atoms with van der Waals surface area (Å²) in [5.41, 5.74) is 2.64. The first-order valence-electron chi connectivity index (χ1n) is 8.45. The van der Waals surface area contributed by atoms with E-state index in [0.29, 0.717) is 12.1 Å². The van der Waals surface area contributed by atoms with Crippen molar-refractivity contribution < 1.29 is 4.74 Å². The van der Waals surface area contributed by atoms with Crippen LogP contribution in [0, 0.1) is 6.92 Å². The molecule has 0 aromatic heterocycles. The number of nitrogens with one attached hydrogen (secondary N) is 2. The summed E-state index contributed by atoms with van der Waals surface area (Å²) in [7, 11) is 1.81. The molecule has 0 spiro atoms. The monoisotopic (exact) mass is 446 g/mol. The van der Waals surface area contributed by atoms with Gasteiger partial charge in [0.1, 0.15) is 0 Å². The van der Waals surface area contributed by atoms with Crippen molar-refractivity contribution in [2.24, 2.45) is 4.99 Å². The van der Waals surface area contributed by atoms with Crippen LogP contribution in [0.3, 0.4) is 0 Å². The minimum absolute atomic E-state index is 0. The zero-order chi connectivity index (χ0) is 16.7. The number of ether oxygens (including phenoxy) is 1. The van der Waals surface area contributed by atoms with Gasteiger partial charge in [-0.3, -0.25) is 9.89 Å². The molecule has 1 aliphatic rings. The summed E-state index contributed by atoms with van der Waals surface area (Å²) in [6, 6.07) is 9.46. The lowest BCUT2D eigenvalue weighted by Gasteiger charge is -2.35. The molecule has 5 nitrogen and oxygen atoms in total. The molecule has 0 amide bonds. The van der Waals surface area contributed by atoms with Gasteiger partial charge in [0.15, 0.2) is 5.96 Å². The van der Waals surface area contributed by atoms with Gasteiger partial charge in [-0.25, -0.2) is 0 Å². The van der Waals surface area contributed by atoms with Gasteiger partial charge < -0.3 is 15.4 Å². The molecule has 1 aliphatic heterocycles. The fraction of sp³-hybridized carbons (Fsp3) is 0.611. The van der Waals surface area contributed by atoms with E-state index in [1.807, 2.05) is 7.05 Å². The summed E-state index contributed by atoms with van der Waals surface area (Å²) in [5.74, 6) is 0.853. The van der Waals surface area contributed by atoms with Crippen LogP contribution in [0.15, 0.2) is 29.3 Å². The molecule has 1 aromatic carbocycles. The number of hydrogen-bond acceptors (Lipinski definition) is 3. The standard InChI is InChI=1S/C18H30N4O.HI/c1-14(2)21-18(19-4)20-13-17(22-8-10-23-11-9-22)16-7-5-6-15(3)12-16;/h5-7,12,14,17H,8-11,13H2,1-4H3,(H2,19,20,21);1H. The molecule has 2 N–H and O–H groups in total. The molecule has 6 heteroatoms. The lowest BCUT2D eigenvalue weighted by atomic mass is 10.0. The average molecular weight is 446 g/mol. The van der Waals surface area contributed by atoms with E-state index in [2.05, 4.69) is 65.6 Å².